The van der Waals surface area contributed by atoms with Crippen LogP contribution in [0.2, 0.25) is 0 Å². The average Bonchev–Trinajstić information content (AvgIpc) is 2.25. The molecule has 19 heavy (non-hydrogen) atoms. The van der Waals surface area contributed by atoms with Crippen LogP contribution in [0.1, 0.15) is 26.5 Å². The van der Waals surface area contributed by atoms with Crippen molar-refractivity contribution in [1.29, 1.82) is 0 Å². The molecule has 1 rings (SSSR count). The van der Waals surface area contributed by atoms with Crippen LogP contribution in [0.25, 0.3) is 0 Å². The monoisotopic (exact) mass is 287 g/mol. The number of rotatable bonds is 6. The van der Waals surface area contributed by atoms with Crippen LogP contribution in [0.3, 0.4) is 0 Å². The maximum Gasteiger partial charge on any atom is 0.226 e. The first-order valence-corrected chi connectivity index (χ1v) is 7.97. The van der Waals surface area contributed by atoms with Crippen molar-refractivity contribution in [2.75, 3.05) is 24.7 Å². The van der Waals surface area contributed by atoms with Crippen LogP contribution in [0.15, 0.2) is 6.07 Å². The molecule has 0 atom stereocenters. The van der Waals surface area contributed by atoms with Gasteiger partial charge in [-0.2, -0.15) is 4.98 Å². The fraction of sp³-hybridized carbons (Fsp3) is 0.667. The molecule has 0 unspecified atom stereocenters. The Morgan fingerprint density at radius 3 is 2.53 bits per heavy atom. The molecule has 0 aliphatic rings. The lowest BCUT2D eigenvalue weighted by molar-refractivity contribution is 0.326. The van der Waals surface area contributed by atoms with E-state index in [-0.39, 0.29) is 6.54 Å². The zero-order valence-electron chi connectivity index (χ0n) is 12.0. The fourth-order valence-electron chi connectivity index (χ4n) is 1.26. The van der Waals surface area contributed by atoms with Crippen molar-refractivity contribution in [3.63, 3.8) is 0 Å². The predicted octanol–water partition coefficient (Wildman–Crippen LogP) is 1.42. The van der Waals surface area contributed by atoms with E-state index in [0.717, 1.165) is 5.69 Å². The molecule has 0 radical (unpaired) electrons. The summed E-state index contributed by atoms with van der Waals surface area (Å²) in [5.41, 5.74) is 0.762. The first-order valence-electron chi connectivity index (χ1n) is 6.07. The van der Waals surface area contributed by atoms with Crippen molar-refractivity contribution in [1.82, 2.24) is 9.97 Å². The number of hydrogen-bond acceptors (Lipinski definition) is 6. The lowest BCUT2D eigenvalue weighted by atomic mass is 10.2. The number of hydrogen-bond donors (Lipinski definition) is 1. The summed E-state index contributed by atoms with van der Waals surface area (Å²) in [7, 11) is -3.15. The maximum atomic E-state index is 11.6. The van der Waals surface area contributed by atoms with Crippen molar-refractivity contribution < 1.29 is 13.2 Å². The van der Waals surface area contributed by atoms with Gasteiger partial charge in [-0.1, -0.05) is 0 Å². The Hall–Kier alpha value is -1.37. The third-order valence-electron chi connectivity index (χ3n) is 2.80. The van der Waals surface area contributed by atoms with Crippen molar-refractivity contribution >= 4 is 15.8 Å². The second-order valence-corrected chi connectivity index (χ2v) is 7.64. The summed E-state index contributed by atoms with van der Waals surface area (Å²) in [5.74, 6) is 0.856. The van der Waals surface area contributed by atoms with E-state index in [1.54, 1.807) is 19.9 Å². The topological polar surface area (TPSA) is 81.2 Å². The Kier molecular flexibility index (Phi) is 4.73. The predicted molar refractivity (Wildman–Crippen MR) is 75.4 cm³/mol. The zero-order chi connectivity index (χ0) is 14.7. The summed E-state index contributed by atoms with van der Waals surface area (Å²) in [6.45, 7) is 7.78. The number of ether oxygens (including phenoxy) is 1. The van der Waals surface area contributed by atoms with Crippen molar-refractivity contribution in [2.24, 2.45) is 0 Å². The number of aryl methyl sites for hydroxylation is 1. The molecule has 0 aromatic carbocycles. The lowest BCUT2D eigenvalue weighted by Gasteiger charge is -2.22. The Morgan fingerprint density at radius 1 is 1.37 bits per heavy atom. The third kappa shape index (κ3) is 4.34. The largest absolute Gasteiger partial charge is 0.478 e. The minimum Gasteiger partial charge on any atom is -0.478 e. The standard InChI is InChI=1S/C12H21N3O3S/c1-6-18-10-7-9(2)14-11(15-10)13-8-12(3,4)19(5,16)17/h7H,6,8H2,1-5H3,(H,13,14,15). The van der Waals surface area contributed by atoms with Crippen LogP contribution in [0, 0.1) is 6.92 Å². The number of sulfone groups is 1. The Balaban J connectivity index is 2.83. The lowest BCUT2D eigenvalue weighted by Crippen LogP contribution is -2.38. The minimum absolute atomic E-state index is 0.237. The Morgan fingerprint density at radius 2 is 2.00 bits per heavy atom. The van der Waals surface area contributed by atoms with E-state index in [0.29, 0.717) is 18.4 Å². The van der Waals surface area contributed by atoms with E-state index in [1.807, 2.05) is 13.8 Å². The van der Waals surface area contributed by atoms with Crippen LogP contribution in [0.5, 0.6) is 5.88 Å². The van der Waals surface area contributed by atoms with E-state index in [4.69, 9.17) is 4.74 Å². The van der Waals surface area contributed by atoms with Crippen LogP contribution in [-0.4, -0.2) is 42.5 Å². The van der Waals surface area contributed by atoms with Gasteiger partial charge < -0.3 is 10.1 Å². The van der Waals surface area contributed by atoms with Crippen molar-refractivity contribution in [2.45, 2.75) is 32.4 Å². The fourth-order valence-corrected chi connectivity index (χ4v) is 1.60. The van der Waals surface area contributed by atoms with E-state index in [9.17, 15) is 8.42 Å². The molecule has 6 nitrogen and oxygen atoms in total. The molecule has 0 fully saturated rings. The summed E-state index contributed by atoms with van der Waals surface area (Å²) < 4.78 is 27.6. The van der Waals surface area contributed by atoms with Gasteiger partial charge in [-0.05, 0) is 27.7 Å². The van der Waals surface area contributed by atoms with E-state index >= 15 is 0 Å². The van der Waals surface area contributed by atoms with E-state index < -0.39 is 14.6 Å². The first-order chi connectivity index (χ1) is 8.65. The van der Waals surface area contributed by atoms with Crippen LogP contribution < -0.4 is 10.1 Å². The van der Waals surface area contributed by atoms with Crippen molar-refractivity contribution in [3.8, 4) is 5.88 Å². The van der Waals surface area contributed by atoms with Gasteiger partial charge in [-0.25, -0.2) is 13.4 Å². The molecule has 0 spiro atoms. The second kappa shape index (κ2) is 5.73. The Labute approximate surface area is 114 Å². The molecule has 0 amide bonds. The van der Waals surface area contributed by atoms with Gasteiger partial charge in [0.1, 0.15) is 0 Å². The molecule has 0 saturated heterocycles. The summed E-state index contributed by atoms with van der Waals surface area (Å²) in [4.78, 5) is 8.37. The van der Waals surface area contributed by atoms with Gasteiger partial charge in [0.25, 0.3) is 0 Å². The molecule has 7 heteroatoms. The SMILES string of the molecule is CCOc1cc(C)nc(NCC(C)(C)S(C)(=O)=O)n1. The van der Waals surface area contributed by atoms with Gasteiger partial charge in [0.05, 0.1) is 11.4 Å². The van der Waals surface area contributed by atoms with Gasteiger partial charge in [-0.15, -0.1) is 0 Å². The van der Waals surface area contributed by atoms with Gasteiger partial charge >= 0.3 is 0 Å². The summed E-state index contributed by atoms with van der Waals surface area (Å²) in [6, 6.07) is 1.73. The van der Waals surface area contributed by atoms with Gasteiger partial charge in [0.15, 0.2) is 9.84 Å². The van der Waals surface area contributed by atoms with Crippen LogP contribution in [0.4, 0.5) is 5.95 Å². The highest BCUT2D eigenvalue weighted by Gasteiger charge is 2.30. The molecule has 1 heterocycles. The highest BCUT2D eigenvalue weighted by atomic mass is 32.2. The smallest absolute Gasteiger partial charge is 0.226 e. The summed E-state index contributed by atoms with van der Waals surface area (Å²) in [5, 5.41) is 2.95. The molecule has 0 saturated carbocycles. The van der Waals surface area contributed by atoms with Gasteiger partial charge in [0, 0.05) is 24.6 Å². The highest BCUT2D eigenvalue weighted by Crippen LogP contribution is 2.17. The number of aromatic nitrogens is 2. The minimum atomic E-state index is -3.15. The average molecular weight is 287 g/mol. The number of nitrogens with zero attached hydrogens (tertiary/aromatic N) is 2. The van der Waals surface area contributed by atoms with E-state index in [1.165, 1.54) is 6.26 Å². The molecular weight excluding hydrogens is 266 g/mol. The second-order valence-electron chi connectivity index (χ2n) is 4.99. The maximum absolute atomic E-state index is 11.6. The van der Waals surface area contributed by atoms with Gasteiger partial charge in [-0.3, -0.25) is 0 Å². The summed E-state index contributed by atoms with van der Waals surface area (Å²) in [6.07, 6.45) is 1.22. The van der Waals surface area contributed by atoms with Crippen LogP contribution >= 0.6 is 0 Å². The number of anilines is 1. The molecule has 1 aromatic heterocycles. The Bertz CT molecular complexity index is 541. The highest BCUT2D eigenvalue weighted by molar-refractivity contribution is 7.92. The summed E-state index contributed by atoms with van der Waals surface area (Å²) >= 11 is 0. The van der Waals surface area contributed by atoms with Crippen LogP contribution in [-0.2, 0) is 9.84 Å². The molecular formula is C12H21N3O3S. The first kappa shape index (κ1) is 15.7. The quantitative estimate of drug-likeness (QED) is 0.852. The molecule has 0 aliphatic heterocycles. The number of nitrogens with one attached hydrogen (secondary N) is 1. The van der Waals surface area contributed by atoms with E-state index in [2.05, 4.69) is 15.3 Å². The normalized spacial score (nSPS) is 12.3. The third-order valence-corrected chi connectivity index (χ3v) is 4.95. The zero-order valence-corrected chi connectivity index (χ0v) is 12.8. The molecule has 0 bridgehead atoms. The molecule has 108 valence electrons. The molecule has 1 aromatic rings. The van der Waals surface area contributed by atoms with Gasteiger partial charge in [0.2, 0.25) is 11.8 Å². The van der Waals surface area contributed by atoms with Crippen molar-refractivity contribution in [3.05, 3.63) is 11.8 Å². The molecule has 1 N–H and O–H groups in total. The molecule has 0 aliphatic carbocycles.